The Hall–Kier alpha value is -2.81. The number of rotatable bonds is 5. The van der Waals surface area contributed by atoms with Gasteiger partial charge in [-0.3, -0.25) is 15.6 Å². The second-order valence-corrected chi connectivity index (χ2v) is 4.05. The molecule has 0 aliphatic rings. The summed E-state index contributed by atoms with van der Waals surface area (Å²) in [5.74, 6) is 0.455. The number of nitrogens with zero attached hydrogens (tertiary/aromatic N) is 3. The quantitative estimate of drug-likeness (QED) is 0.576. The molecule has 0 bridgehead atoms. The molecule has 0 spiro atoms. The summed E-state index contributed by atoms with van der Waals surface area (Å²) in [6, 6.07) is 3.16. The molecule has 0 saturated heterocycles. The Morgan fingerprint density at radius 3 is 2.75 bits per heavy atom. The van der Waals surface area contributed by atoms with Crippen molar-refractivity contribution in [2.45, 2.75) is 0 Å². The molecule has 0 saturated carbocycles. The van der Waals surface area contributed by atoms with Crippen LogP contribution in [-0.4, -0.2) is 35.0 Å². The minimum Gasteiger partial charge on any atom is -0.459 e. The first kappa shape index (κ1) is 13.6. The molecule has 2 heterocycles. The summed E-state index contributed by atoms with van der Waals surface area (Å²) in [6.45, 7) is 0. The molecular formula is C11H15N7O2. The van der Waals surface area contributed by atoms with Gasteiger partial charge in [0, 0.05) is 14.1 Å². The third-order valence-corrected chi connectivity index (χ3v) is 2.25. The van der Waals surface area contributed by atoms with Gasteiger partial charge in [-0.05, 0) is 12.1 Å². The largest absolute Gasteiger partial charge is 0.459 e. The predicted octanol–water partition coefficient (Wildman–Crippen LogP) is 0.297. The van der Waals surface area contributed by atoms with Gasteiger partial charge in [-0.15, -0.1) is 0 Å². The first-order chi connectivity index (χ1) is 9.58. The number of furan rings is 1. The van der Waals surface area contributed by atoms with Gasteiger partial charge in [0.2, 0.25) is 0 Å². The summed E-state index contributed by atoms with van der Waals surface area (Å²) in [5.41, 5.74) is 14.1. The molecule has 0 radical (unpaired) electrons. The fourth-order valence-electron chi connectivity index (χ4n) is 1.38. The van der Waals surface area contributed by atoms with Crippen LogP contribution >= 0.6 is 0 Å². The Morgan fingerprint density at radius 2 is 2.10 bits per heavy atom. The number of nitrogens with one attached hydrogen (secondary N) is 3. The summed E-state index contributed by atoms with van der Waals surface area (Å²) < 4.78 is 4.96. The number of anilines is 3. The highest BCUT2D eigenvalue weighted by Crippen LogP contribution is 2.21. The van der Waals surface area contributed by atoms with E-state index in [0.717, 1.165) is 0 Å². The number of nitrogen functional groups attached to an aromatic ring is 1. The maximum atomic E-state index is 11.7. The monoisotopic (exact) mass is 277 g/mol. The van der Waals surface area contributed by atoms with Crippen LogP contribution in [0.15, 0.2) is 29.1 Å². The van der Waals surface area contributed by atoms with Crippen LogP contribution in [0.25, 0.3) is 0 Å². The van der Waals surface area contributed by atoms with E-state index in [-0.39, 0.29) is 17.3 Å². The number of carbonyl (C=O) groups excluding carboxylic acids is 1. The van der Waals surface area contributed by atoms with Crippen LogP contribution < -0.4 is 22.0 Å². The van der Waals surface area contributed by atoms with Gasteiger partial charge >= 0.3 is 5.91 Å². The molecule has 1 amide bonds. The van der Waals surface area contributed by atoms with Gasteiger partial charge in [-0.1, -0.05) is 0 Å². The Balaban J connectivity index is 2.04. The Morgan fingerprint density at radius 1 is 1.35 bits per heavy atom. The van der Waals surface area contributed by atoms with Gasteiger partial charge in [-0.25, -0.2) is 15.0 Å². The molecule has 5 N–H and O–H groups in total. The highest BCUT2D eigenvalue weighted by molar-refractivity contribution is 5.92. The number of hydrogen-bond donors (Lipinski definition) is 4. The molecule has 0 aromatic carbocycles. The number of hydrogen-bond acceptors (Lipinski definition) is 8. The normalized spacial score (nSPS) is 10.3. The number of amides is 1. The fraction of sp³-hybridized carbons (Fsp3) is 0.182. The first-order valence-corrected chi connectivity index (χ1v) is 5.72. The fourth-order valence-corrected chi connectivity index (χ4v) is 1.38. The molecule has 0 aliphatic heterocycles. The molecule has 20 heavy (non-hydrogen) atoms. The third-order valence-electron chi connectivity index (χ3n) is 2.25. The molecule has 0 unspecified atom stereocenters. The van der Waals surface area contributed by atoms with Crippen molar-refractivity contribution in [3.8, 4) is 0 Å². The van der Waals surface area contributed by atoms with Gasteiger partial charge in [-0.2, -0.15) is 0 Å². The number of carbonyl (C=O) groups is 1. The zero-order valence-corrected chi connectivity index (χ0v) is 11.0. The van der Waals surface area contributed by atoms with Crippen molar-refractivity contribution in [1.29, 1.82) is 0 Å². The van der Waals surface area contributed by atoms with Crippen LogP contribution in [0.3, 0.4) is 0 Å². The molecule has 9 heteroatoms. The van der Waals surface area contributed by atoms with Gasteiger partial charge in [0.15, 0.2) is 17.4 Å². The van der Waals surface area contributed by atoms with Gasteiger partial charge < -0.3 is 15.6 Å². The van der Waals surface area contributed by atoms with Crippen molar-refractivity contribution in [3.63, 3.8) is 0 Å². The van der Waals surface area contributed by atoms with Crippen molar-refractivity contribution in [2.24, 2.45) is 0 Å². The van der Waals surface area contributed by atoms with Crippen LogP contribution in [0.4, 0.5) is 17.3 Å². The summed E-state index contributed by atoms with van der Waals surface area (Å²) in [4.78, 5) is 19.6. The van der Waals surface area contributed by atoms with Gasteiger partial charge in [0.05, 0.1) is 6.26 Å². The van der Waals surface area contributed by atoms with Gasteiger partial charge in [0.1, 0.15) is 12.0 Å². The Labute approximate surface area is 115 Å². The topological polar surface area (TPSA) is 121 Å². The minimum atomic E-state index is -0.435. The summed E-state index contributed by atoms with van der Waals surface area (Å²) >= 11 is 0. The van der Waals surface area contributed by atoms with Crippen LogP contribution in [0.2, 0.25) is 0 Å². The Bertz CT molecular complexity index is 582. The molecule has 0 atom stereocenters. The average molecular weight is 277 g/mol. The van der Waals surface area contributed by atoms with Crippen molar-refractivity contribution in [3.05, 3.63) is 30.5 Å². The maximum absolute atomic E-state index is 11.7. The minimum absolute atomic E-state index is 0.178. The zero-order valence-electron chi connectivity index (χ0n) is 11.0. The van der Waals surface area contributed by atoms with Crippen molar-refractivity contribution in [1.82, 2.24) is 20.4 Å². The smallest absolute Gasteiger partial charge is 0.305 e. The lowest BCUT2D eigenvalue weighted by atomic mass is 10.4. The van der Waals surface area contributed by atoms with E-state index in [4.69, 9.17) is 10.2 Å². The molecule has 2 aromatic rings. The standard InChI is InChI=1S/C11H15N7O2/c1-18(2)17-10-8(12)9(13-6-14-10)15-16-11(19)7-4-3-5-20-7/h3-6H,12H2,1-2H3,(H,16,19)(H2,13,14,15,17). The van der Waals surface area contributed by atoms with Gasteiger partial charge in [0.25, 0.3) is 0 Å². The molecule has 0 aliphatic carbocycles. The summed E-state index contributed by atoms with van der Waals surface area (Å²) in [7, 11) is 3.60. The third kappa shape index (κ3) is 3.14. The van der Waals surface area contributed by atoms with E-state index in [1.165, 1.54) is 12.6 Å². The summed E-state index contributed by atoms with van der Waals surface area (Å²) in [6.07, 6.45) is 2.73. The molecular weight excluding hydrogens is 262 g/mol. The first-order valence-electron chi connectivity index (χ1n) is 5.72. The lowest BCUT2D eigenvalue weighted by Crippen LogP contribution is -2.30. The van der Waals surface area contributed by atoms with Crippen molar-refractivity contribution in [2.75, 3.05) is 30.7 Å². The van der Waals surface area contributed by atoms with Crippen LogP contribution in [0.1, 0.15) is 10.6 Å². The van der Waals surface area contributed by atoms with Crippen molar-refractivity contribution >= 4 is 23.2 Å². The molecule has 2 rings (SSSR count). The highest BCUT2D eigenvalue weighted by atomic mass is 16.3. The zero-order chi connectivity index (χ0) is 14.5. The number of aromatic nitrogens is 2. The van der Waals surface area contributed by atoms with E-state index in [2.05, 4.69) is 26.2 Å². The average Bonchev–Trinajstić information content (AvgIpc) is 2.93. The SMILES string of the molecule is CN(C)Nc1ncnc(NNC(=O)c2ccco2)c1N. The number of hydrazine groups is 2. The van der Waals surface area contributed by atoms with E-state index in [9.17, 15) is 4.79 Å². The molecule has 0 fully saturated rings. The lowest BCUT2D eigenvalue weighted by molar-refractivity contribution is 0.0935. The van der Waals surface area contributed by atoms with E-state index >= 15 is 0 Å². The highest BCUT2D eigenvalue weighted by Gasteiger charge is 2.11. The number of nitrogens with two attached hydrogens (primary N) is 1. The van der Waals surface area contributed by atoms with E-state index < -0.39 is 5.91 Å². The summed E-state index contributed by atoms with van der Waals surface area (Å²) in [5, 5.41) is 1.68. The van der Waals surface area contributed by atoms with E-state index in [1.54, 1.807) is 31.2 Å². The predicted molar refractivity (Wildman–Crippen MR) is 73.6 cm³/mol. The van der Waals surface area contributed by atoms with Crippen LogP contribution in [0, 0.1) is 0 Å². The second kappa shape index (κ2) is 5.89. The van der Waals surface area contributed by atoms with Crippen LogP contribution in [-0.2, 0) is 0 Å². The van der Waals surface area contributed by atoms with E-state index in [0.29, 0.717) is 5.82 Å². The maximum Gasteiger partial charge on any atom is 0.305 e. The van der Waals surface area contributed by atoms with Crippen LogP contribution in [0.5, 0.6) is 0 Å². The second-order valence-electron chi connectivity index (χ2n) is 4.05. The Kier molecular flexibility index (Phi) is 4.01. The molecule has 106 valence electrons. The van der Waals surface area contributed by atoms with E-state index in [1.807, 2.05) is 0 Å². The lowest BCUT2D eigenvalue weighted by Gasteiger charge is -2.16. The molecule has 2 aromatic heterocycles. The van der Waals surface area contributed by atoms with Crippen molar-refractivity contribution < 1.29 is 9.21 Å². The molecule has 9 nitrogen and oxygen atoms in total.